The van der Waals surface area contributed by atoms with Crippen LogP contribution < -0.4 is 0 Å². The van der Waals surface area contributed by atoms with E-state index in [9.17, 15) is 15.0 Å². The van der Waals surface area contributed by atoms with Crippen molar-refractivity contribution in [1.29, 1.82) is 0 Å². The lowest BCUT2D eigenvalue weighted by Crippen LogP contribution is -2.61. The van der Waals surface area contributed by atoms with E-state index in [1.54, 1.807) is 0 Å². The van der Waals surface area contributed by atoms with Crippen molar-refractivity contribution in [2.24, 2.45) is 34.5 Å². The molecule has 4 rings (SSSR count). The molecule has 134 valence electrons. The number of carbonyl (C=O) groups excluding carboxylic acids is 1. The number of hydrogen-bond donors (Lipinski definition) is 2. The van der Waals surface area contributed by atoms with Crippen molar-refractivity contribution < 1.29 is 15.0 Å². The molecule has 2 N–H and O–H groups in total. The lowest BCUT2D eigenvalue weighted by Gasteiger charge is -2.62. The van der Waals surface area contributed by atoms with Crippen LogP contribution in [0.25, 0.3) is 0 Å². The predicted octanol–water partition coefficient (Wildman–Crippen LogP) is 3.49. The summed E-state index contributed by atoms with van der Waals surface area (Å²) >= 11 is 0. The zero-order valence-electron chi connectivity index (χ0n) is 15.5. The van der Waals surface area contributed by atoms with Crippen molar-refractivity contribution in [3.05, 3.63) is 11.6 Å². The molecule has 3 heteroatoms. The molecule has 0 aromatic rings. The molecule has 4 aliphatic carbocycles. The number of hydrogen-bond acceptors (Lipinski definition) is 3. The molecule has 8 atom stereocenters. The third kappa shape index (κ3) is 1.94. The lowest BCUT2D eigenvalue weighted by atomic mass is 9.43. The summed E-state index contributed by atoms with van der Waals surface area (Å²) in [6.07, 6.45) is 6.57. The van der Waals surface area contributed by atoms with Gasteiger partial charge >= 0.3 is 0 Å². The van der Waals surface area contributed by atoms with Gasteiger partial charge in [0.25, 0.3) is 0 Å². The summed E-state index contributed by atoms with van der Waals surface area (Å²) in [5.41, 5.74) is 0.368. The van der Waals surface area contributed by atoms with E-state index < -0.39 is 5.60 Å². The van der Waals surface area contributed by atoms with Crippen molar-refractivity contribution in [2.75, 3.05) is 0 Å². The largest absolute Gasteiger partial charge is 0.393 e. The minimum Gasteiger partial charge on any atom is -0.393 e. The second-order valence-corrected chi connectivity index (χ2v) is 9.95. The Kier molecular flexibility index (Phi) is 3.46. The van der Waals surface area contributed by atoms with E-state index in [4.69, 9.17) is 0 Å². The summed E-state index contributed by atoms with van der Waals surface area (Å²) in [5.74, 6) is 1.88. The van der Waals surface area contributed by atoms with Gasteiger partial charge in [-0.3, -0.25) is 4.79 Å². The highest BCUT2D eigenvalue weighted by molar-refractivity contribution is 5.91. The minimum absolute atomic E-state index is 0.0414. The normalized spacial score (nSPS) is 57.0. The highest BCUT2D eigenvalue weighted by Gasteiger charge is 2.66. The molecule has 0 aromatic heterocycles. The minimum atomic E-state index is -0.678. The van der Waals surface area contributed by atoms with Crippen LogP contribution in [0.2, 0.25) is 0 Å². The van der Waals surface area contributed by atoms with Gasteiger partial charge in [-0.05, 0) is 74.2 Å². The molecular formula is C21H32O3. The van der Waals surface area contributed by atoms with Gasteiger partial charge in [-0.15, -0.1) is 0 Å². The van der Waals surface area contributed by atoms with Crippen LogP contribution in [0.3, 0.4) is 0 Å². The first-order chi connectivity index (χ1) is 11.1. The van der Waals surface area contributed by atoms with Gasteiger partial charge in [0.05, 0.1) is 11.7 Å². The lowest BCUT2D eigenvalue weighted by molar-refractivity contribution is -0.176. The van der Waals surface area contributed by atoms with Crippen molar-refractivity contribution in [2.45, 2.75) is 77.9 Å². The van der Waals surface area contributed by atoms with Crippen molar-refractivity contribution in [3.63, 3.8) is 0 Å². The monoisotopic (exact) mass is 332 g/mol. The summed E-state index contributed by atoms with van der Waals surface area (Å²) in [7, 11) is 0. The van der Waals surface area contributed by atoms with E-state index in [1.165, 1.54) is 5.57 Å². The average molecular weight is 332 g/mol. The topological polar surface area (TPSA) is 57.5 Å². The Balaban J connectivity index is 1.80. The first-order valence-electron chi connectivity index (χ1n) is 9.74. The molecule has 0 radical (unpaired) electrons. The Labute approximate surface area is 145 Å². The quantitative estimate of drug-likeness (QED) is 0.714. The highest BCUT2D eigenvalue weighted by atomic mass is 16.3. The molecule has 24 heavy (non-hydrogen) atoms. The van der Waals surface area contributed by atoms with E-state index >= 15 is 0 Å². The maximum Gasteiger partial charge on any atom is 0.155 e. The Morgan fingerprint density at radius 1 is 1.21 bits per heavy atom. The maximum atomic E-state index is 12.0. The van der Waals surface area contributed by atoms with Crippen LogP contribution in [0.1, 0.15) is 66.2 Å². The van der Waals surface area contributed by atoms with Gasteiger partial charge in [-0.2, -0.15) is 0 Å². The van der Waals surface area contributed by atoms with Gasteiger partial charge < -0.3 is 10.2 Å². The third-order valence-corrected chi connectivity index (χ3v) is 8.81. The first-order valence-corrected chi connectivity index (χ1v) is 9.74. The number of allylic oxidation sites excluding steroid dienone is 1. The molecule has 4 aliphatic rings. The second kappa shape index (κ2) is 4.94. The zero-order valence-corrected chi connectivity index (χ0v) is 15.5. The molecule has 0 bridgehead atoms. The molecule has 0 amide bonds. The van der Waals surface area contributed by atoms with Gasteiger partial charge in [0.1, 0.15) is 0 Å². The standard InChI is InChI=1S/C21H32O3/c1-12-9-13-10-14(22)5-7-19(13,2)18-16(23)11-20(3)15(17(12)18)6-8-21(20,4)24/h10,12,15-18,23-24H,5-9,11H2,1-4H3/t12-,15-,16-,17-,18-,19-,20-,21-/m0/s1. The average Bonchev–Trinajstić information content (AvgIpc) is 2.71. The molecule has 3 fully saturated rings. The Hall–Kier alpha value is -0.670. The molecule has 3 nitrogen and oxygen atoms in total. The third-order valence-electron chi connectivity index (χ3n) is 8.81. The van der Waals surface area contributed by atoms with Crippen LogP contribution in [-0.4, -0.2) is 27.7 Å². The second-order valence-electron chi connectivity index (χ2n) is 9.95. The van der Waals surface area contributed by atoms with Gasteiger partial charge in [0.15, 0.2) is 5.78 Å². The van der Waals surface area contributed by atoms with Crippen molar-refractivity contribution >= 4 is 5.78 Å². The number of carbonyl (C=O) groups is 1. The van der Waals surface area contributed by atoms with E-state index in [0.717, 1.165) is 25.7 Å². The molecule has 0 aliphatic heterocycles. The number of ketones is 1. The summed E-state index contributed by atoms with van der Waals surface area (Å²) in [6, 6.07) is 0. The fourth-order valence-corrected chi connectivity index (χ4v) is 7.23. The van der Waals surface area contributed by atoms with Crippen LogP contribution in [-0.2, 0) is 4.79 Å². The molecular weight excluding hydrogens is 300 g/mol. The van der Waals surface area contributed by atoms with Gasteiger partial charge in [0.2, 0.25) is 0 Å². The van der Waals surface area contributed by atoms with Crippen molar-refractivity contribution in [1.82, 2.24) is 0 Å². The predicted molar refractivity (Wildman–Crippen MR) is 93.3 cm³/mol. The summed E-state index contributed by atoms with van der Waals surface area (Å²) < 4.78 is 0. The van der Waals surface area contributed by atoms with Gasteiger partial charge in [0, 0.05) is 11.8 Å². The van der Waals surface area contributed by atoms with Crippen molar-refractivity contribution in [3.8, 4) is 0 Å². The summed E-state index contributed by atoms with van der Waals surface area (Å²) in [4.78, 5) is 12.0. The molecule has 0 heterocycles. The molecule has 0 aromatic carbocycles. The van der Waals surface area contributed by atoms with Crippen LogP contribution in [0.4, 0.5) is 0 Å². The number of rotatable bonds is 0. The zero-order chi connectivity index (χ0) is 17.5. The van der Waals surface area contributed by atoms with Crippen LogP contribution >= 0.6 is 0 Å². The fourth-order valence-electron chi connectivity index (χ4n) is 7.23. The molecule has 0 saturated heterocycles. The summed E-state index contributed by atoms with van der Waals surface area (Å²) in [6.45, 7) is 8.76. The van der Waals surface area contributed by atoms with E-state index in [0.29, 0.717) is 30.6 Å². The van der Waals surface area contributed by atoms with E-state index in [2.05, 4.69) is 20.8 Å². The van der Waals surface area contributed by atoms with Crippen LogP contribution in [0, 0.1) is 34.5 Å². The number of aliphatic hydroxyl groups is 2. The van der Waals surface area contributed by atoms with E-state index in [-0.39, 0.29) is 28.6 Å². The molecule has 0 unspecified atom stereocenters. The Morgan fingerprint density at radius 2 is 1.92 bits per heavy atom. The van der Waals surface area contributed by atoms with Gasteiger partial charge in [-0.1, -0.05) is 26.3 Å². The number of aliphatic hydroxyl groups excluding tert-OH is 1. The number of fused-ring (bicyclic) bond motifs is 5. The Bertz CT molecular complexity index is 606. The first kappa shape index (κ1) is 16.8. The van der Waals surface area contributed by atoms with Gasteiger partial charge in [-0.25, -0.2) is 0 Å². The Morgan fingerprint density at radius 3 is 2.62 bits per heavy atom. The fraction of sp³-hybridized carbons (Fsp3) is 0.857. The van der Waals surface area contributed by atoms with Crippen LogP contribution in [0.15, 0.2) is 11.6 Å². The molecule has 0 spiro atoms. The smallest absolute Gasteiger partial charge is 0.155 e. The maximum absolute atomic E-state index is 12.0. The van der Waals surface area contributed by atoms with E-state index in [1.807, 2.05) is 13.0 Å². The summed E-state index contributed by atoms with van der Waals surface area (Å²) in [5, 5.41) is 22.2. The SMILES string of the molecule is C[C@H]1CC2=CC(=O)CC[C@]2(C)[C@@H]2[C@@H]1[C@@H]1CC[C@](C)(O)[C@@]1(C)C[C@@H]2O. The van der Waals surface area contributed by atoms with Crippen LogP contribution in [0.5, 0.6) is 0 Å². The molecule has 3 saturated carbocycles. The highest BCUT2D eigenvalue weighted by Crippen LogP contribution is 2.68.